The van der Waals surface area contributed by atoms with Crippen molar-refractivity contribution in [2.75, 3.05) is 4.72 Å². The van der Waals surface area contributed by atoms with Crippen molar-refractivity contribution >= 4 is 32.4 Å². The number of hydrogen-bond acceptors (Lipinski definition) is 5. The first kappa shape index (κ1) is 22.8. The Bertz CT molecular complexity index is 1130. The van der Waals surface area contributed by atoms with Crippen LogP contribution in [0.2, 0.25) is 0 Å². The molecule has 0 saturated carbocycles. The largest absolute Gasteiger partial charge is 0.416 e. The number of nitrogens with one attached hydrogen (secondary N) is 2. The monoisotopic (exact) mass is 469 g/mol. The van der Waals surface area contributed by atoms with E-state index in [-0.39, 0.29) is 21.6 Å². The van der Waals surface area contributed by atoms with Crippen molar-refractivity contribution in [2.24, 2.45) is 0 Å². The summed E-state index contributed by atoms with van der Waals surface area (Å²) >= 11 is 1.14. The molecule has 3 rings (SSSR count). The van der Waals surface area contributed by atoms with Crippen LogP contribution in [0.15, 0.2) is 65.0 Å². The van der Waals surface area contributed by atoms with Crippen LogP contribution in [0.5, 0.6) is 0 Å². The van der Waals surface area contributed by atoms with Crippen LogP contribution in [0.1, 0.15) is 28.4 Å². The lowest BCUT2D eigenvalue weighted by Gasteiger charge is -2.15. The smallest absolute Gasteiger partial charge is 0.349 e. The van der Waals surface area contributed by atoms with E-state index in [4.69, 9.17) is 0 Å². The van der Waals surface area contributed by atoms with Gasteiger partial charge in [-0.05, 0) is 55.3 Å². The predicted molar refractivity (Wildman–Crippen MR) is 111 cm³/mol. The average molecular weight is 470 g/mol. The molecule has 1 atom stereocenters. The number of thiazole rings is 1. The second-order valence-electron chi connectivity index (χ2n) is 6.74. The van der Waals surface area contributed by atoms with Crippen molar-refractivity contribution in [3.05, 3.63) is 76.8 Å². The lowest BCUT2D eigenvalue weighted by Crippen LogP contribution is -2.34. The number of carbonyl (C=O) groups excluding carboxylic acids is 1. The highest BCUT2D eigenvalue weighted by Gasteiger charge is 2.30. The normalized spacial score (nSPS) is 12.9. The summed E-state index contributed by atoms with van der Waals surface area (Å²) in [4.78, 5) is 16.3. The summed E-state index contributed by atoms with van der Waals surface area (Å²) in [5.41, 5.74) is 0.176. The van der Waals surface area contributed by atoms with Crippen LogP contribution in [-0.4, -0.2) is 25.4 Å². The molecular weight excluding hydrogens is 451 g/mol. The number of alkyl halides is 3. The number of sulfonamides is 1. The minimum absolute atomic E-state index is 0.0166. The SMILES string of the molecule is CC(Cc1ccc(C(F)(F)F)cc1)NC(=O)c1ccc(S(=O)(=O)Nc2nccs2)cc1. The second-order valence-corrected chi connectivity index (χ2v) is 9.32. The van der Waals surface area contributed by atoms with Gasteiger partial charge in [-0.2, -0.15) is 13.2 Å². The third kappa shape index (κ3) is 6.05. The van der Waals surface area contributed by atoms with Crippen molar-refractivity contribution in [1.29, 1.82) is 0 Å². The minimum Gasteiger partial charge on any atom is -0.349 e. The zero-order valence-corrected chi connectivity index (χ0v) is 17.8. The first-order valence-electron chi connectivity index (χ1n) is 9.04. The van der Waals surface area contributed by atoms with E-state index in [1.54, 1.807) is 12.3 Å². The highest BCUT2D eigenvalue weighted by molar-refractivity contribution is 7.93. The van der Waals surface area contributed by atoms with Gasteiger partial charge in [-0.3, -0.25) is 9.52 Å². The van der Waals surface area contributed by atoms with Crippen LogP contribution in [0, 0.1) is 0 Å². The van der Waals surface area contributed by atoms with E-state index in [9.17, 15) is 26.4 Å². The van der Waals surface area contributed by atoms with Crippen LogP contribution in [0.3, 0.4) is 0 Å². The van der Waals surface area contributed by atoms with Gasteiger partial charge in [-0.15, -0.1) is 11.3 Å². The molecule has 1 aromatic heterocycles. The molecule has 0 aliphatic carbocycles. The molecule has 0 saturated heterocycles. The molecule has 1 heterocycles. The van der Waals surface area contributed by atoms with Gasteiger partial charge >= 0.3 is 6.18 Å². The highest BCUT2D eigenvalue weighted by atomic mass is 32.2. The van der Waals surface area contributed by atoms with Gasteiger partial charge in [0.05, 0.1) is 10.5 Å². The topological polar surface area (TPSA) is 88.2 Å². The number of amides is 1. The third-order valence-electron chi connectivity index (χ3n) is 4.28. The number of carbonyl (C=O) groups is 1. The van der Waals surface area contributed by atoms with E-state index in [0.29, 0.717) is 12.0 Å². The Hall–Kier alpha value is -2.92. The number of rotatable bonds is 7. The highest BCUT2D eigenvalue weighted by Crippen LogP contribution is 2.29. The molecule has 2 aromatic carbocycles. The maximum atomic E-state index is 12.6. The molecule has 164 valence electrons. The summed E-state index contributed by atoms with van der Waals surface area (Å²) < 4.78 is 64.9. The first-order chi connectivity index (χ1) is 14.5. The van der Waals surface area contributed by atoms with Gasteiger partial charge in [0.2, 0.25) is 0 Å². The molecular formula is C20H18F3N3O3S2. The summed E-state index contributed by atoms with van der Waals surface area (Å²) in [5.74, 6) is -0.420. The van der Waals surface area contributed by atoms with E-state index in [2.05, 4.69) is 15.0 Å². The fraction of sp³-hybridized carbons (Fsp3) is 0.200. The molecule has 0 fully saturated rings. The van der Waals surface area contributed by atoms with Gasteiger partial charge in [0.1, 0.15) is 0 Å². The summed E-state index contributed by atoms with van der Waals surface area (Å²) in [6, 6.07) is 9.80. The van der Waals surface area contributed by atoms with Crippen molar-refractivity contribution in [1.82, 2.24) is 10.3 Å². The maximum absolute atomic E-state index is 12.6. The van der Waals surface area contributed by atoms with Crippen LogP contribution >= 0.6 is 11.3 Å². The fourth-order valence-corrected chi connectivity index (χ4v) is 4.56. The van der Waals surface area contributed by atoms with E-state index >= 15 is 0 Å². The molecule has 0 bridgehead atoms. The number of anilines is 1. The van der Waals surface area contributed by atoms with E-state index in [0.717, 1.165) is 23.5 Å². The second kappa shape index (κ2) is 9.06. The van der Waals surface area contributed by atoms with Crippen molar-refractivity contribution in [3.63, 3.8) is 0 Å². The quantitative estimate of drug-likeness (QED) is 0.539. The zero-order chi connectivity index (χ0) is 22.6. The van der Waals surface area contributed by atoms with Crippen LogP contribution < -0.4 is 10.0 Å². The molecule has 2 N–H and O–H groups in total. The van der Waals surface area contributed by atoms with Gasteiger partial charge in [-0.1, -0.05) is 12.1 Å². The number of halogens is 3. The van der Waals surface area contributed by atoms with E-state index < -0.39 is 27.7 Å². The fourth-order valence-electron chi connectivity index (χ4n) is 2.77. The summed E-state index contributed by atoms with van der Waals surface area (Å²) in [6.07, 6.45) is -2.58. The Morgan fingerprint density at radius 1 is 1.10 bits per heavy atom. The number of benzene rings is 2. The van der Waals surface area contributed by atoms with Crippen LogP contribution in [0.25, 0.3) is 0 Å². The summed E-state index contributed by atoms with van der Waals surface area (Å²) in [7, 11) is -3.82. The Morgan fingerprint density at radius 3 is 2.29 bits per heavy atom. The Morgan fingerprint density at radius 2 is 1.74 bits per heavy atom. The number of hydrogen-bond donors (Lipinski definition) is 2. The summed E-state index contributed by atoms with van der Waals surface area (Å²) in [6.45, 7) is 1.73. The van der Waals surface area contributed by atoms with Gasteiger partial charge in [0, 0.05) is 23.2 Å². The van der Waals surface area contributed by atoms with Crippen molar-refractivity contribution in [3.8, 4) is 0 Å². The van der Waals surface area contributed by atoms with Gasteiger partial charge < -0.3 is 5.32 Å². The molecule has 6 nitrogen and oxygen atoms in total. The molecule has 31 heavy (non-hydrogen) atoms. The number of aromatic nitrogens is 1. The van der Waals surface area contributed by atoms with E-state index in [1.165, 1.54) is 42.6 Å². The lowest BCUT2D eigenvalue weighted by atomic mass is 10.0. The van der Waals surface area contributed by atoms with Gasteiger partial charge in [0.25, 0.3) is 15.9 Å². The van der Waals surface area contributed by atoms with Crippen molar-refractivity contribution < 1.29 is 26.4 Å². The first-order valence-corrected chi connectivity index (χ1v) is 11.4. The Balaban J connectivity index is 1.60. The van der Waals surface area contributed by atoms with Crippen LogP contribution in [0.4, 0.5) is 18.3 Å². The van der Waals surface area contributed by atoms with Crippen LogP contribution in [-0.2, 0) is 22.6 Å². The average Bonchev–Trinajstić information content (AvgIpc) is 3.20. The molecule has 3 aromatic rings. The minimum atomic E-state index is -4.40. The molecule has 0 spiro atoms. The van der Waals surface area contributed by atoms with Gasteiger partial charge in [-0.25, -0.2) is 13.4 Å². The van der Waals surface area contributed by atoms with Crippen molar-refractivity contribution in [2.45, 2.75) is 30.5 Å². The number of nitrogens with zero attached hydrogens (tertiary/aromatic N) is 1. The Labute approximate surface area is 181 Å². The molecule has 1 unspecified atom stereocenters. The zero-order valence-electron chi connectivity index (χ0n) is 16.2. The molecule has 11 heteroatoms. The third-order valence-corrected chi connectivity index (χ3v) is 6.45. The lowest BCUT2D eigenvalue weighted by molar-refractivity contribution is -0.137. The standard InChI is InChI=1S/C20H18F3N3O3S2/c1-13(12-14-2-6-16(7-3-14)20(21,22)23)25-18(27)15-4-8-17(9-5-15)31(28,29)26-19-24-10-11-30-19/h2-11,13H,12H2,1H3,(H,24,26)(H,25,27). The molecule has 0 aliphatic heterocycles. The summed E-state index contributed by atoms with van der Waals surface area (Å²) in [5, 5.41) is 4.62. The van der Waals surface area contributed by atoms with Gasteiger partial charge in [0.15, 0.2) is 5.13 Å². The maximum Gasteiger partial charge on any atom is 0.416 e. The van der Waals surface area contributed by atoms with E-state index in [1.807, 2.05) is 0 Å². The Kier molecular flexibility index (Phi) is 6.65. The molecule has 1 amide bonds. The molecule has 0 aliphatic rings. The molecule has 0 radical (unpaired) electrons. The predicted octanol–water partition coefficient (Wildman–Crippen LogP) is 4.32.